The standard InChI is InChI=1S/C9H8FIO2/c1-5(12)7-2-6(4-11)8(10)3-9(7)13/h2-3,13H,4H2,1H3. The van der Waals surface area contributed by atoms with Crippen LogP contribution in [0.25, 0.3) is 0 Å². The molecule has 0 fully saturated rings. The average molecular weight is 294 g/mol. The highest BCUT2D eigenvalue weighted by Crippen LogP contribution is 2.23. The minimum atomic E-state index is -0.475. The summed E-state index contributed by atoms with van der Waals surface area (Å²) >= 11 is 2.00. The van der Waals surface area contributed by atoms with Crippen LogP contribution in [0.1, 0.15) is 22.8 Å². The SMILES string of the molecule is CC(=O)c1cc(CI)c(F)cc1O. The third-order valence-corrected chi connectivity index (χ3v) is 2.51. The molecule has 4 heteroatoms. The highest BCUT2D eigenvalue weighted by molar-refractivity contribution is 14.1. The molecule has 0 amide bonds. The summed E-state index contributed by atoms with van der Waals surface area (Å²) in [4.78, 5) is 11.0. The quantitative estimate of drug-likeness (QED) is 0.517. The summed E-state index contributed by atoms with van der Waals surface area (Å²) in [6, 6.07) is 2.37. The Morgan fingerprint density at radius 3 is 2.69 bits per heavy atom. The number of phenols is 1. The molecule has 13 heavy (non-hydrogen) atoms. The van der Waals surface area contributed by atoms with Crippen molar-refractivity contribution in [2.75, 3.05) is 0 Å². The van der Waals surface area contributed by atoms with Crippen LogP contribution in [0.3, 0.4) is 0 Å². The van der Waals surface area contributed by atoms with Crippen molar-refractivity contribution in [1.29, 1.82) is 0 Å². The van der Waals surface area contributed by atoms with E-state index in [0.717, 1.165) is 6.07 Å². The molecule has 0 saturated heterocycles. The lowest BCUT2D eigenvalue weighted by atomic mass is 10.1. The summed E-state index contributed by atoms with van der Waals surface area (Å²) in [6.45, 7) is 1.34. The Labute approximate surface area is 88.9 Å². The highest BCUT2D eigenvalue weighted by Gasteiger charge is 2.11. The lowest BCUT2D eigenvalue weighted by Crippen LogP contribution is -1.96. The van der Waals surface area contributed by atoms with Crippen LogP contribution in [0, 0.1) is 5.82 Å². The van der Waals surface area contributed by atoms with Gasteiger partial charge in [-0.2, -0.15) is 0 Å². The van der Waals surface area contributed by atoms with E-state index in [9.17, 15) is 14.3 Å². The van der Waals surface area contributed by atoms with Crippen LogP contribution in [0.4, 0.5) is 4.39 Å². The predicted octanol–water partition coefficient (Wildman–Crippen LogP) is 2.67. The van der Waals surface area contributed by atoms with Gasteiger partial charge in [-0.25, -0.2) is 4.39 Å². The van der Waals surface area contributed by atoms with Gasteiger partial charge in [0.25, 0.3) is 0 Å². The zero-order chi connectivity index (χ0) is 10.0. The van der Waals surface area contributed by atoms with Gasteiger partial charge in [0.2, 0.25) is 0 Å². The van der Waals surface area contributed by atoms with Crippen LogP contribution in [0.5, 0.6) is 5.75 Å². The van der Waals surface area contributed by atoms with E-state index in [0.29, 0.717) is 9.99 Å². The van der Waals surface area contributed by atoms with Crippen LogP contribution in [0.15, 0.2) is 12.1 Å². The van der Waals surface area contributed by atoms with Crippen molar-refractivity contribution in [3.63, 3.8) is 0 Å². The largest absolute Gasteiger partial charge is 0.507 e. The lowest BCUT2D eigenvalue weighted by molar-refractivity contribution is 0.101. The molecule has 70 valence electrons. The van der Waals surface area contributed by atoms with Gasteiger partial charge in [0.15, 0.2) is 5.78 Å². The van der Waals surface area contributed by atoms with E-state index in [-0.39, 0.29) is 17.1 Å². The number of phenolic OH excluding ortho intramolecular Hbond substituents is 1. The van der Waals surface area contributed by atoms with E-state index >= 15 is 0 Å². The molecule has 0 bridgehead atoms. The third-order valence-electron chi connectivity index (χ3n) is 1.69. The first-order valence-electron chi connectivity index (χ1n) is 3.64. The molecule has 1 aromatic rings. The van der Waals surface area contributed by atoms with Crippen molar-refractivity contribution in [1.82, 2.24) is 0 Å². The molecule has 0 aromatic heterocycles. The Balaban J connectivity index is 3.30. The van der Waals surface area contributed by atoms with Gasteiger partial charge in [-0.05, 0) is 18.6 Å². The number of benzene rings is 1. The summed E-state index contributed by atoms with van der Waals surface area (Å²) in [6.07, 6.45) is 0. The Morgan fingerprint density at radius 2 is 2.23 bits per heavy atom. The molecule has 2 nitrogen and oxygen atoms in total. The molecule has 0 unspecified atom stereocenters. The van der Waals surface area contributed by atoms with E-state index in [4.69, 9.17) is 0 Å². The first-order valence-corrected chi connectivity index (χ1v) is 5.17. The summed E-state index contributed by atoms with van der Waals surface area (Å²) < 4.78 is 13.5. The van der Waals surface area contributed by atoms with Gasteiger partial charge < -0.3 is 5.11 Å². The highest BCUT2D eigenvalue weighted by atomic mass is 127. The molecule has 0 saturated carbocycles. The van der Waals surface area contributed by atoms with Gasteiger partial charge in [-0.3, -0.25) is 4.79 Å². The Bertz CT molecular complexity index is 350. The van der Waals surface area contributed by atoms with E-state index in [2.05, 4.69) is 0 Å². The fourth-order valence-electron chi connectivity index (χ4n) is 0.992. The first-order chi connectivity index (χ1) is 6.06. The fraction of sp³-hybridized carbons (Fsp3) is 0.222. The van der Waals surface area contributed by atoms with E-state index in [1.165, 1.54) is 13.0 Å². The number of rotatable bonds is 2. The maximum atomic E-state index is 13.0. The van der Waals surface area contributed by atoms with Gasteiger partial charge in [0.1, 0.15) is 11.6 Å². The second-order valence-corrected chi connectivity index (χ2v) is 3.41. The Hall–Kier alpha value is -0.650. The summed E-state index contributed by atoms with van der Waals surface area (Å²) in [5.41, 5.74) is 0.608. The predicted molar refractivity (Wildman–Crippen MR) is 55.8 cm³/mol. The molecule has 0 spiro atoms. The van der Waals surface area contributed by atoms with Crippen molar-refractivity contribution in [3.8, 4) is 5.75 Å². The zero-order valence-electron chi connectivity index (χ0n) is 6.97. The number of Topliss-reactive ketones (excluding diaryl/α,β-unsaturated/α-hetero) is 1. The van der Waals surface area contributed by atoms with Crippen molar-refractivity contribution in [2.45, 2.75) is 11.4 Å². The molecule has 1 rings (SSSR count). The summed E-state index contributed by atoms with van der Waals surface area (Å²) in [7, 11) is 0. The molecular formula is C9H8FIO2. The molecule has 1 aromatic carbocycles. The van der Waals surface area contributed by atoms with Gasteiger partial charge in [0, 0.05) is 10.5 Å². The van der Waals surface area contributed by atoms with Gasteiger partial charge in [-0.1, -0.05) is 22.6 Å². The number of carbonyl (C=O) groups is 1. The smallest absolute Gasteiger partial charge is 0.163 e. The zero-order valence-corrected chi connectivity index (χ0v) is 9.13. The first kappa shape index (κ1) is 10.4. The summed E-state index contributed by atoms with van der Waals surface area (Å²) in [5.74, 6) is -1.03. The maximum absolute atomic E-state index is 13.0. The van der Waals surface area contributed by atoms with E-state index in [1.54, 1.807) is 0 Å². The molecular weight excluding hydrogens is 286 g/mol. The Morgan fingerprint density at radius 1 is 1.62 bits per heavy atom. The van der Waals surface area contributed by atoms with Gasteiger partial charge in [-0.15, -0.1) is 0 Å². The van der Waals surface area contributed by atoms with Crippen molar-refractivity contribution in [3.05, 3.63) is 29.1 Å². The van der Waals surface area contributed by atoms with E-state index < -0.39 is 5.82 Å². The molecule has 0 aliphatic heterocycles. The van der Waals surface area contributed by atoms with Gasteiger partial charge >= 0.3 is 0 Å². The van der Waals surface area contributed by atoms with Crippen molar-refractivity contribution in [2.24, 2.45) is 0 Å². The summed E-state index contributed by atoms with van der Waals surface area (Å²) in [5, 5.41) is 9.22. The number of halogens is 2. The number of ketones is 1. The van der Waals surface area contributed by atoms with Crippen LogP contribution in [-0.4, -0.2) is 10.9 Å². The number of hydrogen-bond donors (Lipinski definition) is 1. The number of hydrogen-bond acceptors (Lipinski definition) is 2. The Kier molecular flexibility index (Phi) is 3.24. The van der Waals surface area contributed by atoms with Gasteiger partial charge in [0.05, 0.1) is 5.56 Å². The number of alkyl halides is 1. The van der Waals surface area contributed by atoms with Crippen LogP contribution < -0.4 is 0 Å². The molecule has 1 N–H and O–H groups in total. The molecule has 0 radical (unpaired) electrons. The van der Waals surface area contributed by atoms with E-state index in [1.807, 2.05) is 22.6 Å². The minimum absolute atomic E-state index is 0.174. The van der Waals surface area contributed by atoms with Crippen molar-refractivity contribution >= 4 is 28.4 Å². The monoisotopic (exact) mass is 294 g/mol. The molecule has 0 atom stereocenters. The second kappa shape index (κ2) is 4.04. The van der Waals surface area contributed by atoms with Crippen molar-refractivity contribution < 1.29 is 14.3 Å². The average Bonchev–Trinajstić information content (AvgIpc) is 2.03. The minimum Gasteiger partial charge on any atom is -0.507 e. The van der Waals surface area contributed by atoms with Crippen LogP contribution in [-0.2, 0) is 4.43 Å². The third kappa shape index (κ3) is 2.18. The maximum Gasteiger partial charge on any atom is 0.163 e. The fourth-order valence-corrected chi connectivity index (χ4v) is 1.58. The topological polar surface area (TPSA) is 37.3 Å². The van der Waals surface area contributed by atoms with Crippen LogP contribution in [0.2, 0.25) is 0 Å². The normalized spacial score (nSPS) is 10.1. The number of carbonyl (C=O) groups excluding carboxylic acids is 1. The number of aromatic hydroxyl groups is 1. The lowest BCUT2D eigenvalue weighted by Gasteiger charge is -2.04. The second-order valence-electron chi connectivity index (χ2n) is 2.65. The van der Waals surface area contributed by atoms with Crippen LogP contribution >= 0.6 is 22.6 Å². The molecule has 0 heterocycles. The molecule has 0 aliphatic rings. The molecule has 0 aliphatic carbocycles.